The molecule has 186 valence electrons. The zero-order valence-electron chi connectivity index (χ0n) is 20.1. The Morgan fingerprint density at radius 1 is 1.26 bits per heavy atom. The summed E-state index contributed by atoms with van der Waals surface area (Å²) in [6.07, 6.45) is 6.02. The molecule has 35 heavy (non-hydrogen) atoms. The fourth-order valence-corrected chi connectivity index (χ4v) is 5.21. The smallest absolute Gasteiger partial charge is 0.303 e. The molecule has 1 N–H and O–H groups in total. The van der Waals surface area contributed by atoms with Gasteiger partial charge in [0, 0.05) is 30.7 Å². The minimum Gasteiger partial charge on any atom is -0.497 e. The molecule has 1 aliphatic rings. The summed E-state index contributed by atoms with van der Waals surface area (Å²) >= 11 is 0. The van der Waals surface area contributed by atoms with Crippen LogP contribution in [0.2, 0.25) is 0 Å². The van der Waals surface area contributed by atoms with Gasteiger partial charge in [0.05, 0.1) is 18.3 Å². The maximum absolute atomic E-state index is 15.4. The van der Waals surface area contributed by atoms with Gasteiger partial charge < -0.3 is 14.7 Å². The first kappa shape index (κ1) is 25.0. The number of benzene rings is 1. The third kappa shape index (κ3) is 6.72. The lowest BCUT2D eigenvalue weighted by Crippen LogP contribution is -2.42. The van der Waals surface area contributed by atoms with Crippen molar-refractivity contribution in [3.8, 4) is 5.75 Å². The van der Waals surface area contributed by atoms with Gasteiger partial charge in [-0.2, -0.15) is 10.2 Å². The molecule has 0 unspecified atom stereocenters. The average molecular weight is 481 g/mol. The molecule has 7 nitrogen and oxygen atoms in total. The molecule has 0 saturated carbocycles. The highest BCUT2D eigenvalue weighted by atomic mass is 19.1. The first-order chi connectivity index (χ1) is 17.0. The van der Waals surface area contributed by atoms with Crippen molar-refractivity contribution < 1.29 is 19.0 Å². The van der Waals surface area contributed by atoms with Crippen LogP contribution in [-0.4, -0.2) is 57.9 Å². The maximum atomic E-state index is 15.4. The molecule has 0 bridgehead atoms. The number of pyridine rings is 1. The van der Waals surface area contributed by atoms with Crippen LogP contribution >= 0.6 is 0 Å². The second-order valence-corrected chi connectivity index (χ2v) is 9.35. The number of ether oxygens (including phenoxy) is 1. The quantitative estimate of drug-likeness (QED) is 0.419. The molecule has 3 heterocycles. The third-order valence-electron chi connectivity index (χ3n) is 7.06. The van der Waals surface area contributed by atoms with Crippen LogP contribution in [0.1, 0.15) is 49.5 Å². The Morgan fingerprint density at radius 3 is 2.91 bits per heavy atom. The number of carbonyl (C=O) groups is 1. The van der Waals surface area contributed by atoms with Crippen molar-refractivity contribution in [3.05, 3.63) is 60.0 Å². The minimum atomic E-state index is -1.14. The molecule has 4 rings (SSSR count). The van der Waals surface area contributed by atoms with Gasteiger partial charge in [0.2, 0.25) is 0 Å². The van der Waals surface area contributed by atoms with E-state index in [2.05, 4.69) is 20.1 Å². The third-order valence-corrected chi connectivity index (χ3v) is 7.06. The molecule has 2 aromatic heterocycles. The number of rotatable bonds is 11. The topological polar surface area (TPSA) is 88.4 Å². The predicted molar refractivity (Wildman–Crippen MR) is 132 cm³/mol. The van der Waals surface area contributed by atoms with Crippen LogP contribution in [0.4, 0.5) is 4.39 Å². The molecular weight excluding hydrogens is 447 g/mol. The van der Waals surface area contributed by atoms with Crippen LogP contribution in [-0.2, 0) is 11.2 Å². The number of hydrogen-bond donors (Lipinski definition) is 1. The largest absolute Gasteiger partial charge is 0.497 e. The monoisotopic (exact) mass is 480 g/mol. The number of aliphatic carboxylic acids is 1. The van der Waals surface area contributed by atoms with Crippen LogP contribution in [0.25, 0.3) is 10.9 Å². The number of hydrogen-bond acceptors (Lipinski definition) is 6. The number of halogens is 1. The molecule has 1 aromatic carbocycles. The zero-order chi connectivity index (χ0) is 24.6. The highest BCUT2D eigenvalue weighted by Gasteiger charge is 2.31. The average Bonchev–Trinajstić information content (AvgIpc) is 2.87. The van der Waals surface area contributed by atoms with E-state index in [1.807, 2.05) is 30.3 Å². The Kier molecular flexibility index (Phi) is 8.58. The van der Waals surface area contributed by atoms with E-state index in [0.717, 1.165) is 55.5 Å². The van der Waals surface area contributed by atoms with E-state index >= 15 is 4.39 Å². The summed E-state index contributed by atoms with van der Waals surface area (Å²) < 4.78 is 20.8. The van der Waals surface area contributed by atoms with Gasteiger partial charge in [0.1, 0.15) is 11.9 Å². The van der Waals surface area contributed by atoms with Gasteiger partial charge in [0.25, 0.3) is 0 Å². The van der Waals surface area contributed by atoms with Gasteiger partial charge in [0.15, 0.2) is 0 Å². The maximum Gasteiger partial charge on any atom is 0.303 e. The Morgan fingerprint density at radius 2 is 2.14 bits per heavy atom. The summed E-state index contributed by atoms with van der Waals surface area (Å²) in [7, 11) is 1.59. The lowest BCUT2D eigenvalue weighted by molar-refractivity contribution is -0.139. The van der Waals surface area contributed by atoms with E-state index in [9.17, 15) is 9.90 Å². The highest BCUT2D eigenvalue weighted by Crippen LogP contribution is 2.36. The van der Waals surface area contributed by atoms with Crippen LogP contribution in [0, 0.1) is 11.8 Å². The summed E-state index contributed by atoms with van der Waals surface area (Å²) in [6.45, 7) is 2.55. The van der Waals surface area contributed by atoms with E-state index in [1.54, 1.807) is 25.6 Å². The van der Waals surface area contributed by atoms with Gasteiger partial charge in [-0.25, -0.2) is 4.39 Å². The Labute approximate surface area is 205 Å². The molecule has 1 aliphatic heterocycles. The molecule has 0 spiro atoms. The molecular formula is C27H33FN4O3. The molecule has 1 fully saturated rings. The molecule has 3 atom stereocenters. The number of likely N-dealkylation sites (tertiary alicyclic amines) is 1. The standard InChI is InChI=1S/C27H33FN4O3/c1-35-22-7-9-26-24(17-22)23(10-13-29-26)25(28)8-6-19-11-15-32(18-20(19)16-27(33)34)14-3-5-21-4-2-12-30-31-21/h2,4,7,9-10,12-13,17,19-20,25H,3,5-6,8,11,14-16,18H2,1H3,(H,33,34)/t19-,20+,25-/m1/s1. The number of carboxylic acid groups (broad SMARTS) is 1. The molecule has 0 aliphatic carbocycles. The van der Waals surface area contributed by atoms with Crippen molar-refractivity contribution in [2.24, 2.45) is 11.8 Å². The van der Waals surface area contributed by atoms with Crippen LogP contribution in [0.5, 0.6) is 5.75 Å². The lowest BCUT2D eigenvalue weighted by Gasteiger charge is -2.38. The molecule has 1 saturated heterocycles. The van der Waals surface area contributed by atoms with Gasteiger partial charge in [-0.1, -0.05) is 0 Å². The number of carboxylic acids is 1. The van der Waals surface area contributed by atoms with Crippen molar-refractivity contribution in [1.29, 1.82) is 0 Å². The van der Waals surface area contributed by atoms with Crippen LogP contribution in [0.3, 0.4) is 0 Å². The summed E-state index contributed by atoms with van der Waals surface area (Å²) in [5.41, 5.74) is 2.33. The van der Waals surface area contributed by atoms with Crippen molar-refractivity contribution in [2.45, 2.75) is 44.7 Å². The molecule has 8 heteroatoms. The van der Waals surface area contributed by atoms with Gasteiger partial charge in [-0.05, 0) is 99.0 Å². The number of methoxy groups -OCH3 is 1. The highest BCUT2D eigenvalue weighted by molar-refractivity contribution is 5.83. The minimum absolute atomic E-state index is 0.0271. The number of aromatic nitrogens is 3. The number of fused-ring (bicyclic) bond motifs is 1. The zero-order valence-corrected chi connectivity index (χ0v) is 20.1. The number of aryl methyl sites for hydroxylation is 1. The summed E-state index contributed by atoms with van der Waals surface area (Å²) in [6, 6.07) is 11.1. The van der Waals surface area contributed by atoms with Gasteiger partial charge in [-0.15, -0.1) is 0 Å². The lowest BCUT2D eigenvalue weighted by atomic mass is 9.79. The Balaban J connectivity index is 1.35. The second-order valence-electron chi connectivity index (χ2n) is 9.35. The van der Waals surface area contributed by atoms with Gasteiger partial charge in [-0.3, -0.25) is 9.78 Å². The molecule has 0 amide bonds. The fraction of sp³-hybridized carbons (Fsp3) is 0.481. The molecule has 3 aromatic rings. The van der Waals surface area contributed by atoms with E-state index in [0.29, 0.717) is 24.2 Å². The van der Waals surface area contributed by atoms with Crippen molar-refractivity contribution in [3.63, 3.8) is 0 Å². The Hall–Kier alpha value is -3.13. The predicted octanol–water partition coefficient (Wildman–Crippen LogP) is 4.87. The Bertz CT molecular complexity index is 1110. The molecule has 0 radical (unpaired) electrons. The fourth-order valence-electron chi connectivity index (χ4n) is 5.21. The number of alkyl halides is 1. The first-order valence-corrected chi connectivity index (χ1v) is 12.3. The van der Waals surface area contributed by atoms with Crippen molar-refractivity contribution in [2.75, 3.05) is 26.7 Å². The van der Waals surface area contributed by atoms with Crippen LogP contribution < -0.4 is 4.74 Å². The van der Waals surface area contributed by atoms with E-state index < -0.39 is 12.1 Å². The van der Waals surface area contributed by atoms with E-state index in [-0.39, 0.29) is 18.3 Å². The summed E-state index contributed by atoms with van der Waals surface area (Å²) in [5.74, 6) is 0.111. The van der Waals surface area contributed by atoms with Crippen molar-refractivity contribution >= 4 is 16.9 Å². The summed E-state index contributed by atoms with van der Waals surface area (Å²) in [4.78, 5) is 18.2. The van der Waals surface area contributed by atoms with E-state index in [4.69, 9.17) is 4.74 Å². The van der Waals surface area contributed by atoms with Gasteiger partial charge >= 0.3 is 5.97 Å². The van der Waals surface area contributed by atoms with Crippen molar-refractivity contribution in [1.82, 2.24) is 20.1 Å². The second kappa shape index (κ2) is 12.0. The summed E-state index contributed by atoms with van der Waals surface area (Å²) in [5, 5.41) is 18.3. The van der Waals surface area contributed by atoms with Crippen LogP contribution in [0.15, 0.2) is 48.8 Å². The first-order valence-electron chi connectivity index (χ1n) is 12.3. The van der Waals surface area contributed by atoms with E-state index in [1.165, 1.54) is 0 Å². The number of piperidine rings is 1. The SMILES string of the molecule is COc1ccc2nccc([C@H](F)CC[C@@H]3CCN(CCCc4cccnn4)C[C@@H]3CC(=O)O)c2c1. The number of nitrogens with zero attached hydrogens (tertiary/aromatic N) is 4. The normalized spacial score (nSPS) is 19.5.